The Labute approximate surface area is 57.5 Å². The molecule has 0 radical (unpaired) electrons. The molecule has 1 fully saturated rings. The highest BCUT2D eigenvalue weighted by atomic mass is 16.4. The third-order valence-corrected chi connectivity index (χ3v) is 1.91. The van der Waals surface area contributed by atoms with Gasteiger partial charge in [-0.2, -0.15) is 0 Å². The maximum Gasteiger partial charge on any atom is 0.307 e. The summed E-state index contributed by atoms with van der Waals surface area (Å²) in [6.45, 7) is 0. The molecule has 4 heteroatoms. The molecule has 0 aromatic rings. The molecule has 4 nitrogen and oxygen atoms in total. The second kappa shape index (κ2) is 2.28. The Morgan fingerprint density at radius 3 is 1.40 bits per heavy atom. The molecule has 1 aliphatic rings. The highest BCUT2D eigenvalue weighted by molar-refractivity contribution is 5.81. The second-order valence-corrected chi connectivity index (χ2v) is 2.47. The van der Waals surface area contributed by atoms with Crippen molar-refractivity contribution in [3.8, 4) is 0 Å². The summed E-state index contributed by atoms with van der Waals surface area (Å²) in [5.74, 6) is -3.26. The topological polar surface area (TPSA) is 74.6 Å². The summed E-state index contributed by atoms with van der Waals surface area (Å²) >= 11 is 0. The van der Waals surface area contributed by atoms with E-state index in [9.17, 15) is 9.59 Å². The van der Waals surface area contributed by atoms with Crippen LogP contribution >= 0.6 is 0 Å². The number of hydrogen-bond acceptors (Lipinski definition) is 2. The van der Waals surface area contributed by atoms with Crippen molar-refractivity contribution in [1.29, 1.82) is 0 Å². The first kappa shape index (κ1) is 7.05. The van der Waals surface area contributed by atoms with E-state index < -0.39 is 23.8 Å². The van der Waals surface area contributed by atoms with Gasteiger partial charge in [0.1, 0.15) is 0 Å². The molecule has 0 aromatic carbocycles. The van der Waals surface area contributed by atoms with Crippen LogP contribution in [0.2, 0.25) is 0 Å². The molecule has 0 bridgehead atoms. The van der Waals surface area contributed by atoms with E-state index in [2.05, 4.69) is 0 Å². The SMILES string of the molecule is O=C(O)C1CC[C@H]1C(=O)O. The summed E-state index contributed by atoms with van der Waals surface area (Å²) in [5, 5.41) is 16.8. The Kier molecular flexibility index (Phi) is 1.61. The van der Waals surface area contributed by atoms with Crippen molar-refractivity contribution in [3.05, 3.63) is 0 Å². The lowest BCUT2D eigenvalue weighted by molar-refractivity contribution is -0.160. The molecule has 1 unspecified atom stereocenters. The predicted molar refractivity (Wildman–Crippen MR) is 31.5 cm³/mol. The molecule has 1 saturated carbocycles. The molecule has 2 N–H and O–H groups in total. The average Bonchev–Trinajstić information content (AvgIpc) is 1.56. The summed E-state index contributed by atoms with van der Waals surface area (Å²) in [7, 11) is 0. The number of aliphatic carboxylic acids is 2. The van der Waals surface area contributed by atoms with Crippen molar-refractivity contribution in [2.75, 3.05) is 0 Å². The Balaban J connectivity index is 2.51. The number of rotatable bonds is 2. The summed E-state index contributed by atoms with van der Waals surface area (Å²) in [5.41, 5.74) is 0. The molecule has 1 aliphatic carbocycles. The molecule has 0 amide bonds. The molecular weight excluding hydrogens is 136 g/mol. The molecule has 0 saturated heterocycles. The molecular formula is C6H8O4. The zero-order valence-corrected chi connectivity index (χ0v) is 5.28. The van der Waals surface area contributed by atoms with Gasteiger partial charge in [-0.05, 0) is 12.8 Å². The molecule has 0 spiro atoms. The van der Waals surface area contributed by atoms with E-state index in [4.69, 9.17) is 10.2 Å². The van der Waals surface area contributed by atoms with Crippen molar-refractivity contribution in [3.63, 3.8) is 0 Å². The van der Waals surface area contributed by atoms with Crippen molar-refractivity contribution < 1.29 is 19.8 Å². The Hall–Kier alpha value is -1.06. The van der Waals surface area contributed by atoms with E-state index >= 15 is 0 Å². The first-order chi connectivity index (χ1) is 4.63. The molecule has 0 aromatic heterocycles. The summed E-state index contributed by atoms with van der Waals surface area (Å²) in [6.07, 6.45) is 1.01. The average molecular weight is 144 g/mol. The van der Waals surface area contributed by atoms with Crippen molar-refractivity contribution >= 4 is 11.9 Å². The lowest BCUT2D eigenvalue weighted by Gasteiger charge is -2.29. The van der Waals surface area contributed by atoms with Gasteiger partial charge in [-0.15, -0.1) is 0 Å². The third-order valence-electron chi connectivity index (χ3n) is 1.91. The van der Waals surface area contributed by atoms with Gasteiger partial charge in [0.15, 0.2) is 0 Å². The molecule has 2 atom stereocenters. The zero-order chi connectivity index (χ0) is 7.72. The maximum absolute atomic E-state index is 10.2. The van der Waals surface area contributed by atoms with Gasteiger partial charge >= 0.3 is 11.9 Å². The van der Waals surface area contributed by atoms with Crippen molar-refractivity contribution in [2.45, 2.75) is 12.8 Å². The van der Waals surface area contributed by atoms with E-state index in [0.29, 0.717) is 12.8 Å². The minimum absolute atomic E-state index is 0.506. The monoisotopic (exact) mass is 144 g/mol. The molecule has 56 valence electrons. The highest BCUT2D eigenvalue weighted by Gasteiger charge is 2.41. The third kappa shape index (κ3) is 0.964. The van der Waals surface area contributed by atoms with Crippen LogP contribution in [-0.4, -0.2) is 22.2 Å². The first-order valence-electron chi connectivity index (χ1n) is 3.08. The van der Waals surface area contributed by atoms with Gasteiger partial charge in [-0.1, -0.05) is 0 Å². The van der Waals surface area contributed by atoms with Gasteiger partial charge in [-0.3, -0.25) is 9.59 Å². The number of carboxylic acid groups (broad SMARTS) is 2. The van der Waals surface area contributed by atoms with E-state index in [1.54, 1.807) is 0 Å². The van der Waals surface area contributed by atoms with E-state index in [0.717, 1.165) is 0 Å². The Morgan fingerprint density at radius 1 is 1.00 bits per heavy atom. The van der Waals surface area contributed by atoms with Crippen LogP contribution in [-0.2, 0) is 9.59 Å². The number of carbonyl (C=O) groups is 2. The highest BCUT2D eigenvalue weighted by Crippen LogP contribution is 2.34. The lowest BCUT2D eigenvalue weighted by atomic mass is 9.74. The van der Waals surface area contributed by atoms with Gasteiger partial charge in [0, 0.05) is 0 Å². The fourth-order valence-corrected chi connectivity index (χ4v) is 1.09. The first-order valence-corrected chi connectivity index (χ1v) is 3.08. The van der Waals surface area contributed by atoms with Gasteiger partial charge in [0.25, 0.3) is 0 Å². The minimum Gasteiger partial charge on any atom is -0.481 e. The largest absolute Gasteiger partial charge is 0.481 e. The number of carboxylic acids is 2. The summed E-state index contributed by atoms with van der Waals surface area (Å²) in [6, 6.07) is 0. The number of hydrogen-bond donors (Lipinski definition) is 2. The normalized spacial score (nSPS) is 30.8. The molecule has 0 aliphatic heterocycles. The zero-order valence-electron chi connectivity index (χ0n) is 5.28. The van der Waals surface area contributed by atoms with Crippen LogP contribution in [0.5, 0.6) is 0 Å². The Bertz CT molecular complexity index is 155. The van der Waals surface area contributed by atoms with Gasteiger partial charge in [0.05, 0.1) is 11.8 Å². The lowest BCUT2D eigenvalue weighted by Crippen LogP contribution is -2.37. The second-order valence-electron chi connectivity index (χ2n) is 2.47. The fraction of sp³-hybridized carbons (Fsp3) is 0.667. The van der Waals surface area contributed by atoms with E-state index in [1.165, 1.54) is 0 Å². The minimum atomic E-state index is -0.987. The molecule has 0 heterocycles. The van der Waals surface area contributed by atoms with Crippen molar-refractivity contribution in [2.24, 2.45) is 11.8 Å². The smallest absolute Gasteiger partial charge is 0.307 e. The van der Waals surface area contributed by atoms with Crippen molar-refractivity contribution in [1.82, 2.24) is 0 Å². The van der Waals surface area contributed by atoms with Crippen LogP contribution in [0, 0.1) is 11.8 Å². The van der Waals surface area contributed by atoms with Crippen LogP contribution in [0.1, 0.15) is 12.8 Å². The quantitative estimate of drug-likeness (QED) is 0.579. The van der Waals surface area contributed by atoms with Crippen LogP contribution in [0.15, 0.2) is 0 Å². The maximum atomic E-state index is 10.2. The van der Waals surface area contributed by atoms with Crippen LogP contribution in [0.25, 0.3) is 0 Å². The standard InChI is InChI=1S/C6H8O4/c7-5(8)3-1-2-4(3)6(9)10/h3-4H,1-2H2,(H,7,8)(H,9,10)/t3-,4?/m1/s1. The molecule has 1 rings (SSSR count). The predicted octanol–water partition coefficient (Wildman–Crippen LogP) is 0.182. The van der Waals surface area contributed by atoms with Gasteiger partial charge in [-0.25, -0.2) is 0 Å². The van der Waals surface area contributed by atoms with Crippen LogP contribution in [0.3, 0.4) is 0 Å². The van der Waals surface area contributed by atoms with Gasteiger partial charge < -0.3 is 10.2 Å². The Morgan fingerprint density at radius 2 is 1.30 bits per heavy atom. The van der Waals surface area contributed by atoms with E-state index in [-0.39, 0.29) is 0 Å². The van der Waals surface area contributed by atoms with Gasteiger partial charge in [0.2, 0.25) is 0 Å². The van der Waals surface area contributed by atoms with Crippen LogP contribution in [0.4, 0.5) is 0 Å². The van der Waals surface area contributed by atoms with E-state index in [1.807, 2.05) is 0 Å². The summed E-state index contributed by atoms with van der Waals surface area (Å²) in [4.78, 5) is 20.5. The van der Waals surface area contributed by atoms with Crippen LogP contribution < -0.4 is 0 Å². The summed E-state index contributed by atoms with van der Waals surface area (Å²) < 4.78 is 0. The molecule has 10 heavy (non-hydrogen) atoms. The fourth-order valence-electron chi connectivity index (χ4n) is 1.09.